The van der Waals surface area contributed by atoms with Gasteiger partial charge < -0.3 is 10.7 Å². The van der Waals surface area contributed by atoms with Gasteiger partial charge in [0.2, 0.25) is 0 Å². The van der Waals surface area contributed by atoms with Crippen molar-refractivity contribution < 1.29 is 0 Å². The molecule has 0 radical (unpaired) electrons. The van der Waals surface area contributed by atoms with E-state index in [0.717, 1.165) is 5.56 Å². The lowest BCUT2D eigenvalue weighted by molar-refractivity contribution is 0.576. The molecule has 1 unspecified atom stereocenters. The normalized spacial score (nSPS) is 12.6. The van der Waals surface area contributed by atoms with Gasteiger partial charge in [-0.15, -0.1) is 0 Å². The highest BCUT2D eigenvalue weighted by molar-refractivity contribution is 5.20. The highest BCUT2D eigenvalue weighted by Gasteiger charge is 2.12. The smallest absolute Gasteiger partial charge is 0.326 e. The maximum absolute atomic E-state index is 11.4. The van der Waals surface area contributed by atoms with E-state index >= 15 is 0 Å². The van der Waals surface area contributed by atoms with Crippen LogP contribution in [-0.4, -0.2) is 16.1 Å². The Kier molecular flexibility index (Phi) is 2.69. The Hall–Kier alpha value is -1.81. The minimum atomic E-state index is -0.130. The number of nitrogens with two attached hydrogens (primary N) is 1. The summed E-state index contributed by atoms with van der Waals surface area (Å²) in [6, 6.07) is 9.67. The minimum absolute atomic E-state index is 0.0926. The summed E-state index contributed by atoms with van der Waals surface area (Å²) in [6.45, 7) is 0.405. The quantitative estimate of drug-likeness (QED) is 0.772. The van der Waals surface area contributed by atoms with E-state index in [1.54, 1.807) is 17.0 Å². The molecule has 4 nitrogen and oxygen atoms in total. The van der Waals surface area contributed by atoms with E-state index in [2.05, 4.69) is 4.98 Å². The summed E-state index contributed by atoms with van der Waals surface area (Å²) in [7, 11) is 0. The van der Waals surface area contributed by atoms with Gasteiger partial charge >= 0.3 is 5.69 Å². The van der Waals surface area contributed by atoms with E-state index in [4.69, 9.17) is 5.73 Å². The van der Waals surface area contributed by atoms with Gasteiger partial charge in [0.1, 0.15) is 0 Å². The van der Waals surface area contributed by atoms with Gasteiger partial charge in [0.25, 0.3) is 0 Å². The average Bonchev–Trinajstić information content (AvgIpc) is 2.68. The molecule has 15 heavy (non-hydrogen) atoms. The highest BCUT2D eigenvalue weighted by Crippen LogP contribution is 2.14. The predicted octanol–water partition coefficient (Wildman–Crippen LogP) is 0.724. The van der Waals surface area contributed by atoms with Crippen molar-refractivity contribution in [3.8, 4) is 0 Å². The first-order chi connectivity index (χ1) is 7.33. The van der Waals surface area contributed by atoms with Crippen LogP contribution in [0.15, 0.2) is 47.5 Å². The molecule has 0 bridgehead atoms. The van der Waals surface area contributed by atoms with E-state index in [1.165, 1.54) is 0 Å². The fourth-order valence-corrected chi connectivity index (χ4v) is 1.66. The van der Waals surface area contributed by atoms with Gasteiger partial charge in [-0.25, -0.2) is 4.79 Å². The topological polar surface area (TPSA) is 63.8 Å². The molecular formula is C11H13N3O. The SMILES string of the molecule is NCC(c1ccccc1)n1cc[nH]c1=O. The van der Waals surface area contributed by atoms with Gasteiger partial charge in [-0.2, -0.15) is 0 Å². The lowest BCUT2D eigenvalue weighted by Gasteiger charge is -2.15. The molecule has 4 heteroatoms. The molecule has 0 aliphatic rings. The molecule has 78 valence electrons. The Morgan fingerprint density at radius 1 is 1.33 bits per heavy atom. The summed E-state index contributed by atoms with van der Waals surface area (Å²) < 4.78 is 1.61. The zero-order valence-corrected chi connectivity index (χ0v) is 8.26. The fraction of sp³-hybridized carbons (Fsp3) is 0.182. The Labute approximate surface area is 87.4 Å². The van der Waals surface area contributed by atoms with Gasteiger partial charge in [-0.1, -0.05) is 30.3 Å². The van der Waals surface area contributed by atoms with Gasteiger partial charge in [0.05, 0.1) is 6.04 Å². The van der Waals surface area contributed by atoms with Crippen LogP contribution in [0.5, 0.6) is 0 Å². The number of nitrogens with one attached hydrogen (secondary N) is 1. The van der Waals surface area contributed by atoms with E-state index in [1.807, 2.05) is 30.3 Å². The molecule has 1 heterocycles. The van der Waals surface area contributed by atoms with Crippen LogP contribution in [0, 0.1) is 0 Å². The van der Waals surface area contributed by atoms with Crippen LogP contribution in [0.4, 0.5) is 0 Å². The van der Waals surface area contributed by atoms with Crippen LogP contribution < -0.4 is 11.4 Å². The number of benzene rings is 1. The average molecular weight is 203 g/mol. The van der Waals surface area contributed by atoms with Crippen molar-refractivity contribution in [1.82, 2.24) is 9.55 Å². The molecule has 2 aromatic rings. The zero-order chi connectivity index (χ0) is 10.7. The molecule has 1 aromatic heterocycles. The highest BCUT2D eigenvalue weighted by atomic mass is 16.1. The fourth-order valence-electron chi connectivity index (χ4n) is 1.66. The van der Waals surface area contributed by atoms with Crippen molar-refractivity contribution in [3.05, 3.63) is 58.8 Å². The molecule has 0 fully saturated rings. The molecule has 0 amide bonds. The minimum Gasteiger partial charge on any atom is -0.328 e. The van der Waals surface area contributed by atoms with E-state index in [0.29, 0.717) is 6.54 Å². The third kappa shape index (κ3) is 1.85. The van der Waals surface area contributed by atoms with Gasteiger partial charge in [-0.3, -0.25) is 4.57 Å². The van der Waals surface area contributed by atoms with Crippen LogP contribution >= 0.6 is 0 Å². The number of hydrogen-bond donors (Lipinski definition) is 2. The van der Waals surface area contributed by atoms with Gasteiger partial charge in [0, 0.05) is 18.9 Å². The van der Waals surface area contributed by atoms with Gasteiger partial charge in [0.15, 0.2) is 0 Å². The molecule has 0 aliphatic heterocycles. The largest absolute Gasteiger partial charge is 0.328 e. The van der Waals surface area contributed by atoms with Crippen LogP contribution in [0.1, 0.15) is 11.6 Å². The monoisotopic (exact) mass is 203 g/mol. The second-order valence-electron chi connectivity index (χ2n) is 3.33. The second-order valence-corrected chi connectivity index (χ2v) is 3.33. The molecule has 3 N–H and O–H groups in total. The summed E-state index contributed by atoms with van der Waals surface area (Å²) in [5, 5.41) is 0. The summed E-state index contributed by atoms with van der Waals surface area (Å²) in [6.07, 6.45) is 3.33. The standard InChI is InChI=1S/C11H13N3O/c12-8-10(9-4-2-1-3-5-9)14-7-6-13-11(14)15/h1-7,10H,8,12H2,(H,13,15). The number of hydrogen-bond acceptors (Lipinski definition) is 2. The number of nitrogens with zero attached hydrogens (tertiary/aromatic N) is 1. The van der Waals surface area contributed by atoms with Crippen LogP contribution in [0.2, 0.25) is 0 Å². The Morgan fingerprint density at radius 3 is 2.60 bits per heavy atom. The summed E-state index contributed by atoms with van der Waals surface area (Å²) in [5.41, 5.74) is 6.60. The van der Waals surface area contributed by atoms with E-state index in [-0.39, 0.29) is 11.7 Å². The van der Waals surface area contributed by atoms with Crippen molar-refractivity contribution in [2.45, 2.75) is 6.04 Å². The molecule has 0 spiro atoms. The second kappa shape index (κ2) is 4.14. The third-order valence-corrected chi connectivity index (χ3v) is 2.42. The molecule has 0 saturated carbocycles. The van der Waals surface area contributed by atoms with Gasteiger partial charge in [-0.05, 0) is 5.56 Å². The lowest BCUT2D eigenvalue weighted by atomic mass is 10.1. The zero-order valence-electron chi connectivity index (χ0n) is 8.26. The van der Waals surface area contributed by atoms with Crippen LogP contribution in [-0.2, 0) is 0 Å². The van der Waals surface area contributed by atoms with E-state index in [9.17, 15) is 4.79 Å². The Bertz CT molecular complexity index is 472. The lowest BCUT2D eigenvalue weighted by Crippen LogP contribution is -2.28. The summed E-state index contributed by atoms with van der Waals surface area (Å²) in [4.78, 5) is 14.0. The van der Waals surface area contributed by atoms with Crippen LogP contribution in [0.25, 0.3) is 0 Å². The Morgan fingerprint density at radius 2 is 2.07 bits per heavy atom. The Balaban J connectivity index is 2.42. The molecular weight excluding hydrogens is 190 g/mol. The maximum atomic E-state index is 11.4. The number of aromatic nitrogens is 2. The predicted molar refractivity (Wildman–Crippen MR) is 58.7 cm³/mol. The first-order valence-electron chi connectivity index (χ1n) is 4.83. The summed E-state index contributed by atoms with van der Waals surface area (Å²) in [5.74, 6) is 0. The third-order valence-electron chi connectivity index (χ3n) is 2.42. The number of H-pyrrole nitrogens is 1. The number of aromatic amines is 1. The van der Waals surface area contributed by atoms with Crippen molar-refractivity contribution in [1.29, 1.82) is 0 Å². The molecule has 0 saturated heterocycles. The van der Waals surface area contributed by atoms with Crippen LogP contribution in [0.3, 0.4) is 0 Å². The van der Waals surface area contributed by atoms with E-state index < -0.39 is 0 Å². The first kappa shape index (κ1) is 9.73. The van der Waals surface area contributed by atoms with Crippen molar-refractivity contribution in [3.63, 3.8) is 0 Å². The molecule has 0 aliphatic carbocycles. The molecule has 1 atom stereocenters. The maximum Gasteiger partial charge on any atom is 0.326 e. The number of rotatable bonds is 3. The summed E-state index contributed by atoms with van der Waals surface area (Å²) >= 11 is 0. The molecule has 2 rings (SSSR count). The first-order valence-corrected chi connectivity index (χ1v) is 4.83. The number of imidazole rings is 1. The molecule has 1 aromatic carbocycles. The van der Waals surface area contributed by atoms with Crippen molar-refractivity contribution in [2.24, 2.45) is 5.73 Å². The van der Waals surface area contributed by atoms with Crippen molar-refractivity contribution in [2.75, 3.05) is 6.54 Å². The van der Waals surface area contributed by atoms with Crippen molar-refractivity contribution >= 4 is 0 Å².